The molecule has 0 aliphatic carbocycles. The molecule has 0 spiro atoms. The molecule has 10 rings (SSSR count). The highest BCUT2D eigenvalue weighted by atomic mass is 14.3. The highest BCUT2D eigenvalue weighted by Crippen LogP contribution is 2.49. The normalized spacial score (nSPS) is 11.7. The maximum absolute atomic E-state index is 2.43. The van der Waals surface area contributed by atoms with Gasteiger partial charge in [-0.15, -0.1) is 0 Å². The average Bonchev–Trinajstić information content (AvgIpc) is 3.20. The molecule has 0 fully saturated rings. The summed E-state index contributed by atoms with van der Waals surface area (Å²) in [5.74, 6) is 0. The second-order valence-corrected chi connectivity index (χ2v) is 14.5. The van der Waals surface area contributed by atoms with E-state index in [1.165, 1.54) is 115 Å². The minimum atomic E-state index is 1.26. The van der Waals surface area contributed by atoms with E-state index in [1.807, 2.05) is 0 Å². The van der Waals surface area contributed by atoms with Crippen LogP contribution in [-0.4, -0.2) is 0 Å². The largest absolute Gasteiger partial charge is 0.0616 e. The van der Waals surface area contributed by atoms with Crippen molar-refractivity contribution in [2.24, 2.45) is 0 Å². The Morgan fingerprint density at radius 2 is 0.604 bits per heavy atom. The summed E-state index contributed by atoms with van der Waals surface area (Å²) in [5, 5.41) is 12.8. The fourth-order valence-electron chi connectivity index (χ4n) is 9.19. The molecule has 10 aromatic carbocycles. The zero-order valence-corrected chi connectivity index (χ0v) is 30.2. The quantitative estimate of drug-likeness (QED) is 0.163. The summed E-state index contributed by atoms with van der Waals surface area (Å²) in [4.78, 5) is 0. The van der Waals surface area contributed by atoms with Crippen LogP contribution in [0.25, 0.3) is 98.4 Å². The lowest BCUT2D eigenvalue weighted by Crippen LogP contribution is -1.97. The van der Waals surface area contributed by atoms with Crippen LogP contribution in [0.4, 0.5) is 0 Å². The smallest absolute Gasteiger partial charge is 0.00175 e. The van der Waals surface area contributed by atoms with Crippen molar-refractivity contribution < 1.29 is 0 Å². The average molecular weight is 675 g/mol. The van der Waals surface area contributed by atoms with Crippen LogP contribution in [-0.2, 0) is 0 Å². The molecule has 0 heteroatoms. The van der Waals surface area contributed by atoms with E-state index in [9.17, 15) is 0 Å². The van der Waals surface area contributed by atoms with E-state index < -0.39 is 0 Å². The molecule has 0 heterocycles. The van der Waals surface area contributed by atoms with Crippen LogP contribution in [0.3, 0.4) is 0 Å². The second-order valence-electron chi connectivity index (χ2n) is 14.5. The van der Waals surface area contributed by atoms with Crippen molar-refractivity contribution in [2.45, 2.75) is 20.8 Å². The Labute approximate surface area is 310 Å². The van der Waals surface area contributed by atoms with E-state index in [1.54, 1.807) is 0 Å². The molecule has 0 aromatic heterocycles. The van der Waals surface area contributed by atoms with E-state index in [4.69, 9.17) is 0 Å². The monoisotopic (exact) mass is 674 g/mol. The molecular formula is C53H38. The number of aryl methyl sites for hydroxylation is 3. The van der Waals surface area contributed by atoms with Gasteiger partial charge in [0.25, 0.3) is 0 Å². The van der Waals surface area contributed by atoms with Gasteiger partial charge in [-0.2, -0.15) is 0 Å². The fourth-order valence-corrected chi connectivity index (χ4v) is 9.19. The fraction of sp³-hybridized carbons (Fsp3) is 0.0566. The molecular weight excluding hydrogens is 637 g/mol. The molecule has 0 unspecified atom stereocenters. The first-order valence-corrected chi connectivity index (χ1v) is 18.6. The molecule has 250 valence electrons. The van der Waals surface area contributed by atoms with Crippen LogP contribution in [0.1, 0.15) is 16.7 Å². The van der Waals surface area contributed by atoms with Crippen molar-refractivity contribution in [3.05, 3.63) is 193 Å². The highest BCUT2D eigenvalue weighted by Gasteiger charge is 2.23. The predicted molar refractivity (Wildman–Crippen MR) is 230 cm³/mol. The first-order valence-electron chi connectivity index (χ1n) is 18.6. The second kappa shape index (κ2) is 12.3. The number of fused-ring (bicyclic) bond motifs is 5. The summed E-state index contributed by atoms with van der Waals surface area (Å²) < 4.78 is 0. The van der Waals surface area contributed by atoms with Crippen molar-refractivity contribution in [1.29, 1.82) is 0 Å². The number of hydrogen-bond acceptors (Lipinski definition) is 0. The van der Waals surface area contributed by atoms with Gasteiger partial charge in [0.15, 0.2) is 0 Å². The highest BCUT2D eigenvalue weighted by molar-refractivity contribution is 6.25. The van der Waals surface area contributed by atoms with Crippen LogP contribution in [0.5, 0.6) is 0 Å². The SMILES string of the molecule is Cc1cc(-c2cccc3ccccc23)cc(C)c1-c1c2ccccc2c(-c2c(C)cc(-c3cccc4ccccc34)c3ccccc23)c2ccccc12. The Morgan fingerprint density at radius 1 is 0.245 bits per heavy atom. The minimum absolute atomic E-state index is 1.26. The van der Waals surface area contributed by atoms with E-state index in [0.717, 1.165) is 0 Å². The maximum Gasteiger partial charge on any atom is -0.00175 e. The Balaban J connectivity index is 1.25. The Hall–Kier alpha value is -6.50. The summed E-state index contributed by atoms with van der Waals surface area (Å²) >= 11 is 0. The molecule has 0 atom stereocenters. The maximum atomic E-state index is 2.43. The van der Waals surface area contributed by atoms with Gasteiger partial charge in [-0.3, -0.25) is 0 Å². The van der Waals surface area contributed by atoms with E-state index in [-0.39, 0.29) is 0 Å². The van der Waals surface area contributed by atoms with Crippen LogP contribution in [0, 0.1) is 20.8 Å². The van der Waals surface area contributed by atoms with Gasteiger partial charge in [0.05, 0.1) is 0 Å². The van der Waals surface area contributed by atoms with E-state index in [0.29, 0.717) is 0 Å². The van der Waals surface area contributed by atoms with Crippen LogP contribution in [0.2, 0.25) is 0 Å². The van der Waals surface area contributed by atoms with Gasteiger partial charge in [-0.1, -0.05) is 176 Å². The topological polar surface area (TPSA) is 0 Å². The molecule has 0 N–H and O–H groups in total. The molecule has 53 heavy (non-hydrogen) atoms. The van der Waals surface area contributed by atoms with Crippen molar-refractivity contribution in [3.63, 3.8) is 0 Å². The lowest BCUT2D eigenvalue weighted by atomic mass is 9.80. The molecule has 0 aliphatic rings. The van der Waals surface area contributed by atoms with Crippen LogP contribution >= 0.6 is 0 Å². The molecule has 10 aromatic rings. The zero-order valence-electron chi connectivity index (χ0n) is 30.2. The molecule has 0 radical (unpaired) electrons. The molecule has 0 saturated heterocycles. The van der Waals surface area contributed by atoms with Gasteiger partial charge in [-0.25, -0.2) is 0 Å². The van der Waals surface area contributed by atoms with Gasteiger partial charge >= 0.3 is 0 Å². The standard InChI is InChI=1S/C53H38/c1-33-30-38(41-28-14-18-36-16-4-6-20-39(36)41)31-34(2)50(33)52-45-24-10-12-26-47(45)53(48-27-13-11-25-46(48)52)51-35(3)32-49(43-22-8-9-23-44(43)51)42-29-15-19-37-17-5-7-21-40(37)42/h4-32H,1-3H3. The Bertz CT molecular complexity index is 3000. The summed E-state index contributed by atoms with van der Waals surface area (Å²) in [6, 6.07) is 65.1. The Morgan fingerprint density at radius 3 is 1.13 bits per heavy atom. The van der Waals surface area contributed by atoms with Gasteiger partial charge in [0.2, 0.25) is 0 Å². The number of rotatable bonds is 4. The van der Waals surface area contributed by atoms with Crippen LogP contribution in [0.15, 0.2) is 176 Å². The van der Waals surface area contributed by atoms with Crippen molar-refractivity contribution >= 4 is 53.9 Å². The van der Waals surface area contributed by atoms with E-state index >= 15 is 0 Å². The summed E-state index contributed by atoms with van der Waals surface area (Å²) in [6.45, 7) is 6.88. The van der Waals surface area contributed by atoms with Crippen molar-refractivity contribution in [3.8, 4) is 44.5 Å². The number of hydrogen-bond donors (Lipinski definition) is 0. The third-order valence-electron chi connectivity index (χ3n) is 11.4. The lowest BCUT2D eigenvalue weighted by Gasteiger charge is -2.23. The molecule has 0 amide bonds. The third kappa shape index (κ3) is 4.90. The van der Waals surface area contributed by atoms with E-state index in [2.05, 4.69) is 197 Å². The third-order valence-corrected chi connectivity index (χ3v) is 11.4. The Kier molecular flexibility index (Phi) is 7.27. The lowest BCUT2D eigenvalue weighted by molar-refractivity contribution is 1.39. The van der Waals surface area contributed by atoms with Crippen molar-refractivity contribution in [2.75, 3.05) is 0 Å². The first kappa shape index (κ1) is 31.3. The van der Waals surface area contributed by atoms with Gasteiger partial charge in [-0.05, 0) is 136 Å². The predicted octanol–water partition coefficient (Wildman–Crippen LogP) is 15.0. The van der Waals surface area contributed by atoms with Crippen molar-refractivity contribution in [1.82, 2.24) is 0 Å². The minimum Gasteiger partial charge on any atom is -0.0616 e. The zero-order chi connectivity index (χ0) is 35.6. The summed E-state index contributed by atoms with van der Waals surface area (Å²) in [7, 11) is 0. The van der Waals surface area contributed by atoms with Crippen LogP contribution < -0.4 is 0 Å². The van der Waals surface area contributed by atoms with Gasteiger partial charge in [0, 0.05) is 0 Å². The molecule has 0 saturated carbocycles. The van der Waals surface area contributed by atoms with Gasteiger partial charge in [0.1, 0.15) is 0 Å². The summed E-state index contributed by atoms with van der Waals surface area (Å²) in [5.41, 5.74) is 14.2. The summed E-state index contributed by atoms with van der Waals surface area (Å²) in [6.07, 6.45) is 0. The number of benzene rings is 10. The molecule has 0 nitrogen and oxygen atoms in total. The molecule has 0 bridgehead atoms. The molecule has 0 aliphatic heterocycles. The first-order chi connectivity index (χ1) is 26.1. The van der Waals surface area contributed by atoms with Gasteiger partial charge < -0.3 is 0 Å².